The van der Waals surface area contributed by atoms with E-state index in [1.54, 1.807) is 0 Å². The smallest absolute Gasteiger partial charge is 0.223 e. The Hall–Kier alpha value is -1.04. The van der Waals surface area contributed by atoms with E-state index in [0.29, 0.717) is 0 Å². The molecule has 0 aliphatic carbocycles. The predicted molar refractivity (Wildman–Crippen MR) is 58.5 cm³/mol. The van der Waals surface area contributed by atoms with Gasteiger partial charge in [0.05, 0.1) is 16.6 Å². The van der Waals surface area contributed by atoms with Crippen molar-refractivity contribution < 1.29 is 21.6 Å². The van der Waals surface area contributed by atoms with Gasteiger partial charge in [0.25, 0.3) is 0 Å². The van der Waals surface area contributed by atoms with E-state index in [4.69, 9.17) is 0 Å². The van der Waals surface area contributed by atoms with Gasteiger partial charge in [-0.2, -0.15) is 13.2 Å². The lowest BCUT2D eigenvalue weighted by Gasteiger charge is -2.09. The number of rotatable bonds is 3. The van der Waals surface area contributed by atoms with E-state index >= 15 is 0 Å². The molecule has 0 aromatic heterocycles. The third-order valence-electron chi connectivity index (χ3n) is 2.28. The first-order valence-electron chi connectivity index (χ1n) is 5.02. The number of sulfone groups is 1. The Balaban J connectivity index is 2.97. The zero-order chi connectivity index (χ0) is 13.3. The predicted octanol–water partition coefficient (Wildman–Crippen LogP) is 2.97. The molecule has 0 amide bonds. The Kier molecular flexibility index (Phi) is 3.86. The summed E-state index contributed by atoms with van der Waals surface area (Å²) in [6.07, 6.45) is -5.33. The topological polar surface area (TPSA) is 34.1 Å². The first kappa shape index (κ1) is 14.0. The van der Waals surface area contributed by atoms with Gasteiger partial charge in [-0.15, -0.1) is 0 Å². The Bertz CT molecular complexity index is 472. The van der Waals surface area contributed by atoms with E-state index in [2.05, 4.69) is 0 Å². The van der Waals surface area contributed by atoms with Crippen molar-refractivity contribution >= 4 is 9.84 Å². The lowest BCUT2D eigenvalue weighted by Crippen LogP contribution is -2.14. The molecule has 0 heterocycles. The van der Waals surface area contributed by atoms with E-state index in [1.165, 1.54) is 38.1 Å². The van der Waals surface area contributed by atoms with Gasteiger partial charge in [-0.25, -0.2) is 8.42 Å². The van der Waals surface area contributed by atoms with Crippen molar-refractivity contribution in [3.8, 4) is 0 Å². The van der Waals surface area contributed by atoms with Crippen LogP contribution in [-0.2, 0) is 16.3 Å². The summed E-state index contributed by atoms with van der Waals surface area (Å²) in [7, 11) is -3.42. The van der Waals surface area contributed by atoms with Gasteiger partial charge in [0.2, 0.25) is 0 Å². The average molecular weight is 266 g/mol. The van der Waals surface area contributed by atoms with Crippen molar-refractivity contribution in [2.75, 3.05) is 0 Å². The maximum Gasteiger partial charge on any atom is 0.393 e. The third-order valence-corrected chi connectivity index (χ3v) is 4.45. The second-order valence-corrected chi connectivity index (χ2v) is 6.53. The van der Waals surface area contributed by atoms with Crippen molar-refractivity contribution in [2.24, 2.45) is 0 Å². The van der Waals surface area contributed by atoms with Crippen LogP contribution in [0.4, 0.5) is 13.2 Å². The summed E-state index contributed by atoms with van der Waals surface area (Å²) in [6, 6.07) is 4.83. The lowest BCUT2D eigenvalue weighted by atomic mass is 10.1. The highest BCUT2D eigenvalue weighted by molar-refractivity contribution is 7.92. The molecule has 0 unspecified atom stereocenters. The fraction of sp³-hybridized carbons (Fsp3) is 0.455. The SMILES string of the molecule is CC(C)S(=O)(=O)c1ccc(CC(F)(F)F)cc1. The molecule has 0 N–H and O–H groups in total. The van der Waals surface area contributed by atoms with E-state index in [-0.39, 0.29) is 10.5 Å². The summed E-state index contributed by atoms with van der Waals surface area (Å²) in [5.41, 5.74) is 0.0557. The molecule has 1 rings (SSSR count). The lowest BCUT2D eigenvalue weighted by molar-refractivity contribution is -0.127. The maximum atomic E-state index is 12.1. The Morgan fingerprint density at radius 2 is 1.59 bits per heavy atom. The van der Waals surface area contributed by atoms with Crippen molar-refractivity contribution in [1.29, 1.82) is 0 Å². The van der Waals surface area contributed by atoms with Crippen LogP contribution >= 0.6 is 0 Å². The number of alkyl halides is 3. The van der Waals surface area contributed by atoms with E-state index < -0.39 is 27.7 Å². The van der Waals surface area contributed by atoms with Gasteiger partial charge >= 0.3 is 6.18 Å². The van der Waals surface area contributed by atoms with E-state index in [9.17, 15) is 21.6 Å². The second-order valence-electron chi connectivity index (χ2n) is 4.03. The summed E-state index contributed by atoms with van der Waals surface area (Å²) in [5.74, 6) is 0. The largest absolute Gasteiger partial charge is 0.393 e. The van der Waals surface area contributed by atoms with Crippen LogP contribution < -0.4 is 0 Å². The summed E-state index contributed by atoms with van der Waals surface area (Å²) in [6.45, 7) is 3.05. The molecule has 0 aliphatic rings. The first-order valence-corrected chi connectivity index (χ1v) is 6.57. The molecule has 0 atom stereocenters. The van der Waals surface area contributed by atoms with Gasteiger partial charge in [0.1, 0.15) is 0 Å². The molecule has 0 saturated heterocycles. The molecule has 17 heavy (non-hydrogen) atoms. The molecule has 1 aromatic carbocycles. The van der Waals surface area contributed by atoms with Gasteiger partial charge in [-0.05, 0) is 31.5 Å². The summed E-state index contributed by atoms with van der Waals surface area (Å²) in [4.78, 5) is 0.0541. The minimum Gasteiger partial charge on any atom is -0.223 e. The Morgan fingerprint density at radius 3 is 1.94 bits per heavy atom. The van der Waals surface area contributed by atoms with Crippen LogP contribution in [0.2, 0.25) is 0 Å². The average Bonchev–Trinajstić information content (AvgIpc) is 2.15. The second kappa shape index (κ2) is 4.68. The molecule has 0 saturated carbocycles. The number of hydrogen-bond donors (Lipinski definition) is 0. The van der Waals surface area contributed by atoms with Crippen LogP contribution in [0.3, 0.4) is 0 Å². The summed E-state index contributed by atoms with van der Waals surface area (Å²) in [5, 5.41) is -0.587. The van der Waals surface area contributed by atoms with Gasteiger partial charge in [-0.1, -0.05) is 12.1 Å². The minimum absolute atomic E-state index is 0.0541. The van der Waals surface area contributed by atoms with Gasteiger partial charge in [-0.3, -0.25) is 0 Å². The molecule has 0 radical (unpaired) electrons. The molecular weight excluding hydrogens is 253 g/mol. The van der Waals surface area contributed by atoms with Gasteiger partial charge in [0.15, 0.2) is 9.84 Å². The van der Waals surface area contributed by atoms with Crippen LogP contribution in [-0.4, -0.2) is 19.8 Å². The molecule has 0 bridgehead atoms. The fourth-order valence-corrected chi connectivity index (χ4v) is 2.36. The highest BCUT2D eigenvalue weighted by Gasteiger charge is 2.27. The third kappa shape index (κ3) is 3.73. The van der Waals surface area contributed by atoms with E-state index in [1.807, 2.05) is 0 Å². The summed E-state index contributed by atoms with van der Waals surface area (Å²) >= 11 is 0. The highest BCUT2D eigenvalue weighted by atomic mass is 32.2. The van der Waals surface area contributed by atoms with Crippen molar-refractivity contribution in [2.45, 2.75) is 36.6 Å². The van der Waals surface area contributed by atoms with Gasteiger partial charge < -0.3 is 0 Å². The molecule has 0 spiro atoms. The Morgan fingerprint density at radius 1 is 1.12 bits per heavy atom. The van der Waals surface area contributed by atoms with Crippen LogP contribution in [0, 0.1) is 0 Å². The van der Waals surface area contributed by atoms with Crippen LogP contribution in [0.25, 0.3) is 0 Å². The quantitative estimate of drug-likeness (QED) is 0.843. The highest BCUT2D eigenvalue weighted by Crippen LogP contribution is 2.23. The van der Waals surface area contributed by atoms with Gasteiger partial charge in [0, 0.05) is 0 Å². The number of halogens is 3. The van der Waals surface area contributed by atoms with Crippen LogP contribution in [0.1, 0.15) is 19.4 Å². The monoisotopic (exact) mass is 266 g/mol. The number of hydrogen-bond acceptors (Lipinski definition) is 2. The van der Waals surface area contributed by atoms with E-state index in [0.717, 1.165) is 0 Å². The first-order chi connectivity index (χ1) is 7.63. The minimum atomic E-state index is -4.28. The maximum absolute atomic E-state index is 12.1. The fourth-order valence-electron chi connectivity index (χ4n) is 1.30. The zero-order valence-corrected chi connectivity index (χ0v) is 10.3. The number of benzene rings is 1. The molecule has 6 heteroatoms. The van der Waals surface area contributed by atoms with Crippen molar-refractivity contribution in [3.05, 3.63) is 29.8 Å². The molecule has 0 aliphatic heterocycles. The molecular formula is C11H13F3O2S. The van der Waals surface area contributed by atoms with Crippen molar-refractivity contribution in [3.63, 3.8) is 0 Å². The zero-order valence-electron chi connectivity index (χ0n) is 9.45. The normalized spacial score (nSPS) is 13.1. The van der Waals surface area contributed by atoms with Crippen molar-refractivity contribution in [1.82, 2.24) is 0 Å². The summed E-state index contributed by atoms with van der Waals surface area (Å²) < 4.78 is 59.7. The molecule has 1 aromatic rings. The van der Waals surface area contributed by atoms with Crippen LogP contribution in [0.5, 0.6) is 0 Å². The standard InChI is InChI=1S/C11H13F3O2S/c1-8(2)17(15,16)10-5-3-9(4-6-10)7-11(12,13)14/h3-6,8H,7H2,1-2H3. The molecule has 0 fully saturated rings. The molecule has 96 valence electrons. The molecule has 2 nitrogen and oxygen atoms in total. The van der Waals surface area contributed by atoms with Crippen LogP contribution in [0.15, 0.2) is 29.2 Å². The Labute approximate surface area is 98.4 Å².